The van der Waals surface area contributed by atoms with Gasteiger partial charge < -0.3 is 9.47 Å². The molecule has 1 N–H and O–H groups in total. The summed E-state index contributed by atoms with van der Waals surface area (Å²) in [4.78, 5) is 26.1. The van der Waals surface area contributed by atoms with Gasteiger partial charge in [0.25, 0.3) is 11.6 Å². The Kier molecular flexibility index (Phi) is 6.11. The summed E-state index contributed by atoms with van der Waals surface area (Å²) in [5.74, 6) is 0.968. The van der Waals surface area contributed by atoms with E-state index in [-0.39, 0.29) is 17.5 Å². The number of amides is 1. The van der Waals surface area contributed by atoms with Crippen LogP contribution in [0.1, 0.15) is 15.9 Å². The fourth-order valence-corrected chi connectivity index (χ4v) is 2.28. The third-order valence-electron chi connectivity index (χ3n) is 3.75. The van der Waals surface area contributed by atoms with Gasteiger partial charge in [-0.25, -0.2) is 10.4 Å². The number of benzene rings is 2. The Bertz CT molecular complexity index is 1030. The van der Waals surface area contributed by atoms with E-state index in [1.54, 1.807) is 48.5 Å². The van der Waals surface area contributed by atoms with Crippen molar-refractivity contribution in [2.75, 3.05) is 7.11 Å². The highest BCUT2D eigenvalue weighted by Crippen LogP contribution is 2.21. The van der Waals surface area contributed by atoms with Gasteiger partial charge in [-0.1, -0.05) is 6.07 Å². The number of ether oxygens (including phenoxy) is 2. The molecule has 1 heterocycles. The number of hydrazone groups is 1. The van der Waals surface area contributed by atoms with Gasteiger partial charge in [0.15, 0.2) is 0 Å². The van der Waals surface area contributed by atoms with E-state index in [1.807, 2.05) is 0 Å². The maximum absolute atomic E-state index is 12.1. The molecule has 0 aliphatic heterocycles. The second-order valence-corrected chi connectivity index (χ2v) is 5.71. The lowest BCUT2D eigenvalue weighted by Gasteiger charge is -2.04. The van der Waals surface area contributed by atoms with Crippen molar-refractivity contribution in [3.05, 3.63) is 88.1 Å². The van der Waals surface area contributed by atoms with E-state index in [0.29, 0.717) is 17.1 Å². The zero-order valence-electron chi connectivity index (χ0n) is 15.3. The molecule has 1 aromatic heterocycles. The Balaban J connectivity index is 1.57. The van der Waals surface area contributed by atoms with E-state index in [4.69, 9.17) is 9.47 Å². The van der Waals surface area contributed by atoms with Gasteiger partial charge in [0, 0.05) is 17.7 Å². The number of methoxy groups -OCH3 is 1. The molecule has 0 radical (unpaired) electrons. The van der Waals surface area contributed by atoms with Gasteiger partial charge in [0.2, 0.25) is 5.88 Å². The number of carbonyl (C=O) groups is 1. The lowest BCUT2D eigenvalue weighted by atomic mass is 10.2. The summed E-state index contributed by atoms with van der Waals surface area (Å²) in [6, 6.07) is 16.3. The van der Waals surface area contributed by atoms with Crippen LogP contribution in [0.4, 0.5) is 5.69 Å². The number of carbonyl (C=O) groups excluding carboxylic acids is 1. The van der Waals surface area contributed by atoms with Crippen molar-refractivity contribution in [3.63, 3.8) is 0 Å². The summed E-state index contributed by atoms with van der Waals surface area (Å²) in [6.45, 7) is 0. The van der Waals surface area contributed by atoms with Crippen LogP contribution in [0.25, 0.3) is 0 Å². The molecule has 2 aromatic carbocycles. The van der Waals surface area contributed by atoms with Gasteiger partial charge in [-0.05, 0) is 48.0 Å². The Labute approximate surface area is 165 Å². The number of nitrogens with one attached hydrogen (secondary N) is 1. The Morgan fingerprint density at radius 2 is 1.93 bits per heavy atom. The predicted octanol–water partition coefficient (Wildman–Crippen LogP) is 3.55. The monoisotopic (exact) mass is 392 g/mol. The number of nitrogens with zero attached hydrogens (tertiary/aromatic N) is 3. The highest BCUT2D eigenvalue weighted by Gasteiger charge is 2.07. The Morgan fingerprint density at radius 1 is 1.14 bits per heavy atom. The molecule has 0 atom stereocenters. The van der Waals surface area contributed by atoms with Crippen LogP contribution < -0.4 is 14.9 Å². The van der Waals surface area contributed by atoms with E-state index in [2.05, 4.69) is 15.5 Å². The number of hydrogen-bond donors (Lipinski definition) is 1. The van der Waals surface area contributed by atoms with E-state index < -0.39 is 4.92 Å². The van der Waals surface area contributed by atoms with E-state index in [0.717, 1.165) is 11.8 Å². The molecule has 146 valence electrons. The minimum Gasteiger partial charge on any atom is -0.497 e. The molecule has 9 nitrogen and oxygen atoms in total. The molecule has 29 heavy (non-hydrogen) atoms. The molecule has 0 aliphatic carbocycles. The van der Waals surface area contributed by atoms with Crippen molar-refractivity contribution in [1.82, 2.24) is 10.4 Å². The Hall–Kier alpha value is -4.27. The molecule has 9 heteroatoms. The van der Waals surface area contributed by atoms with E-state index in [1.165, 1.54) is 25.5 Å². The summed E-state index contributed by atoms with van der Waals surface area (Å²) >= 11 is 0. The summed E-state index contributed by atoms with van der Waals surface area (Å²) < 4.78 is 10.6. The van der Waals surface area contributed by atoms with Crippen LogP contribution in [0, 0.1) is 10.1 Å². The van der Waals surface area contributed by atoms with Gasteiger partial charge in [0.1, 0.15) is 17.7 Å². The quantitative estimate of drug-likeness (QED) is 0.373. The van der Waals surface area contributed by atoms with Crippen molar-refractivity contribution in [3.8, 4) is 17.4 Å². The summed E-state index contributed by atoms with van der Waals surface area (Å²) in [5, 5.41) is 14.6. The molecule has 1 amide bonds. The molecule has 0 saturated heterocycles. The fraction of sp³-hybridized carbons (Fsp3) is 0.0500. The highest BCUT2D eigenvalue weighted by molar-refractivity contribution is 5.95. The minimum absolute atomic E-state index is 0.111. The number of rotatable bonds is 7. The predicted molar refractivity (Wildman–Crippen MR) is 105 cm³/mol. The summed E-state index contributed by atoms with van der Waals surface area (Å²) in [6.07, 6.45) is 2.62. The number of pyridine rings is 1. The van der Waals surface area contributed by atoms with Crippen molar-refractivity contribution in [2.45, 2.75) is 0 Å². The van der Waals surface area contributed by atoms with Crippen molar-refractivity contribution >= 4 is 17.8 Å². The lowest BCUT2D eigenvalue weighted by molar-refractivity contribution is -0.385. The van der Waals surface area contributed by atoms with Crippen molar-refractivity contribution in [2.24, 2.45) is 5.10 Å². The molecular weight excluding hydrogens is 376 g/mol. The van der Waals surface area contributed by atoms with Crippen LogP contribution in [0.3, 0.4) is 0 Å². The molecule has 3 aromatic rings. The Morgan fingerprint density at radius 3 is 2.59 bits per heavy atom. The first-order valence-electron chi connectivity index (χ1n) is 8.41. The fourth-order valence-electron chi connectivity index (χ4n) is 2.28. The van der Waals surface area contributed by atoms with Crippen molar-refractivity contribution < 1.29 is 19.2 Å². The SMILES string of the molecule is COc1cccc(C(=O)NN=Cc2ccc(Oc3ccc([N+](=O)[O-])cn3)cc2)c1. The molecule has 0 spiro atoms. The molecular formula is C20H16N4O5. The number of hydrogen-bond acceptors (Lipinski definition) is 7. The maximum Gasteiger partial charge on any atom is 0.287 e. The first kappa shape index (κ1) is 19.5. The normalized spacial score (nSPS) is 10.5. The lowest BCUT2D eigenvalue weighted by Crippen LogP contribution is -2.17. The molecule has 0 bridgehead atoms. The van der Waals surface area contributed by atoms with Crippen LogP contribution in [0.5, 0.6) is 17.4 Å². The average molecular weight is 392 g/mol. The molecule has 0 unspecified atom stereocenters. The molecule has 3 rings (SSSR count). The largest absolute Gasteiger partial charge is 0.497 e. The van der Waals surface area contributed by atoms with Gasteiger partial charge in [-0.15, -0.1) is 0 Å². The van der Waals surface area contributed by atoms with Crippen LogP contribution in [-0.4, -0.2) is 29.1 Å². The second-order valence-electron chi connectivity index (χ2n) is 5.71. The van der Waals surface area contributed by atoms with E-state index >= 15 is 0 Å². The van der Waals surface area contributed by atoms with Crippen LogP contribution in [0.15, 0.2) is 72.0 Å². The third kappa shape index (κ3) is 5.36. The first-order valence-corrected chi connectivity index (χ1v) is 8.41. The van der Waals surface area contributed by atoms with Crippen molar-refractivity contribution in [1.29, 1.82) is 0 Å². The second kappa shape index (κ2) is 9.09. The number of nitro groups is 1. The van der Waals surface area contributed by atoms with E-state index in [9.17, 15) is 14.9 Å². The number of aromatic nitrogens is 1. The zero-order chi connectivity index (χ0) is 20.6. The van der Waals surface area contributed by atoms with Gasteiger partial charge in [-0.2, -0.15) is 5.10 Å². The van der Waals surface area contributed by atoms with Crippen LogP contribution in [0.2, 0.25) is 0 Å². The molecule has 0 saturated carbocycles. The zero-order valence-corrected chi connectivity index (χ0v) is 15.3. The van der Waals surface area contributed by atoms with Gasteiger partial charge in [0.05, 0.1) is 18.2 Å². The smallest absolute Gasteiger partial charge is 0.287 e. The topological polar surface area (TPSA) is 116 Å². The minimum atomic E-state index is -0.530. The third-order valence-corrected chi connectivity index (χ3v) is 3.75. The molecule has 0 fully saturated rings. The van der Waals surface area contributed by atoms with Crippen LogP contribution >= 0.6 is 0 Å². The summed E-state index contributed by atoms with van der Waals surface area (Å²) in [5.41, 5.74) is 3.50. The maximum atomic E-state index is 12.1. The van der Waals surface area contributed by atoms with Gasteiger partial charge >= 0.3 is 0 Å². The standard InChI is InChI=1S/C20H16N4O5/c1-28-18-4-2-3-15(11-18)20(25)23-22-12-14-5-8-17(9-6-14)29-19-10-7-16(13-21-19)24(26)27/h2-13H,1H3,(H,23,25). The van der Waals surface area contributed by atoms with Gasteiger partial charge in [-0.3, -0.25) is 14.9 Å². The highest BCUT2D eigenvalue weighted by atomic mass is 16.6. The summed E-state index contributed by atoms with van der Waals surface area (Å²) in [7, 11) is 1.53. The first-order chi connectivity index (χ1) is 14.0. The molecule has 0 aliphatic rings. The average Bonchev–Trinajstić information content (AvgIpc) is 2.75. The van der Waals surface area contributed by atoms with Crippen LogP contribution in [-0.2, 0) is 0 Å².